The van der Waals surface area contributed by atoms with E-state index in [9.17, 15) is 0 Å². The van der Waals surface area contributed by atoms with Crippen molar-refractivity contribution in [3.63, 3.8) is 0 Å². The third-order valence-electron chi connectivity index (χ3n) is 2.48. The Morgan fingerprint density at radius 2 is 2.42 bits per heavy atom. The number of nitrogens with two attached hydrogens (primary N) is 1. The second kappa shape index (κ2) is 5.10. The SMILES string of the molecule is CC1CN(C(C)CCN)CCS1. The molecular weight excluding hydrogens is 168 g/mol. The summed E-state index contributed by atoms with van der Waals surface area (Å²) in [5.74, 6) is 1.29. The van der Waals surface area contributed by atoms with Crippen molar-refractivity contribution in [2.24, 2.45) is 5.73 Å². The summed E-state index contributed by atoms with van der Waals surface area (Å²) in [4.78, 5) is 2.56. The average Bonchev–Trinajstić information content (AvgIpc) is 2.05. The summed E-state index contributed by atoms with van der Waals surface area (Å²) in [6, 6.07) is 0.679. The Morgan fingerprint density at radius 3 is 3.00 bits per heavy atom. The first-order valence-electron chi connectivity index (χ1n) is 4.79. The zero-order valence-electron chi connectivity index (χ0n) is 8.12. The molecule has 0 aromatic carbocycles. The van der Waals surface area contributed by atoms with Crippen LogP contribution in [-0.4, -0.2) is 41.6 Å². The molecule has 0 aliphatic carbocycles. The summed E-state index contributed by atoms with van der Waals surface area (Å²) in [5.41, 5.74) is 5.54. The summed E-state index contributed by atoms with van der Waals surface area (Å²) in [7, 11) is 0. The van der Waals surface area contributed by atoms with Gasteiger partial charge in [-0.1, -0.05) is 6.92 Å². The average molecular weight is 188 g/mol. The summed E-state index contributed by atoms with van der Waals surface area (Å²) < 4.78 is 0. The Bertz CT molecular complexity index is 130. The molecule has 0 amide bonds. The van der Waals surface area contributed by atoms with E-state index in [1.807, 2.05) is 0 Å². The molecule has 1 saturated heterocycles. The van der Waals surface area contributed by atoms with Crippen LogP contribution in [0.1, 0.15) is 20.3 Å². The van der Waals surface area contributed by atoms with Gasteiger partial charge in [-0.3, -0.25) is 4.90 Å². The molecule has 0 aromatic rings. The molecule has 72 valence electrons. The molecule has 0 saturated carbocycles. The van der Waals surface area contributed by atoms with E-state index in [4.69, 9.17) is 5.73 Å². The summed E-state index contributed by atoms with van der Waals surface area (Å²) >= 11 is 2.08. The number of nitrogens with zero attached hydrogens (tertiary/aromatic N) is 1. The van der Waals surface area contributed by atoms with Crippen molar-refractivity contribution in [3.8, 4) is 0 Å². The van der Waals surface area contributed by atoms with Gasteiger partial charge in [-0.05, 0) is 19.9 Å². The number of thioether (sulfide) groups is 1. The van der Waals surface area contributed by atoms with Crippen LogP contribution in [0.2, 0.25) is 0 Å². The van der Waals surface area contributed by atoms with Gasteiger partial charge in [0.1, 0.15) is 0 Å². The summed E-state index contributed by atoms with van der Waals surface area (Å²) in [5, 5.41) is 0.805. The molecule has 3 heteroatoms. The van der Waals surface area contributed by atoms with E-state index in [1.165, 1.54) is 18.8 Å². The largest absolute Gasteiger partial charge is 0.330 e. The molecular formula is C9H20N2S. The lowest BCUT2D eigenvalue weighted by Crippen LogP contribution is -2.43. The minimum absolute atomic E-state index is 0.679. The van der Waals surface area contributed by atoms with Gasteiger partial charge in [0.15, 0.2) is 0 Å². The highest BCUT2D eigenvalue weighted by Crippen LogP contribution is 2.19. The topological polar surface area (TPSA) is 29.3 Å². The van der Waals surface area contributed by atoms with Crippen LogP contribution < -0.4 is 5.73 Å². The molecule has 2 nitrogen and oxygen atoms in total. The lowest BCUT2D eigenvalue weighted by atomic mass is 10.2. The van der Waals surface area contributed by atoms with Crippen molar-refractivity contribution in [2.45, 2.75) is 31.6 Å². The molecule has 0 aromatic heterocycles. The van der Waals surface area contributed by atoms with E-state index < -0.39 is 0 Å². The van der Waals surface area contributed by atoms with Crippen molar-refractivity contribution >= 4 is 11.8 Å². The Balaban J connectivity index is 2.29. The lowest BCUT2D eigenvalue weighted by Gasteiger charge is -2.35. The summed E-state index contributed by atoms with van der Waals surface area (Å²) in [6.07, 6.45) is 1.14. The van der Waals surface area contributed by atoms with Crippen LogP contribution in [0.4, 0.5) is 0 Å². The molecule has 1 aliphatic heterocycles. The Hall–Kier alpha value is 0.270. The molecule has 0 radical (unpaired) electrons. The molecule has 2 atom stereocenters. The first-order chi connectivity index (χ1) is 5.74. The minimum atomic E-state index is 0.679. The molecule has 1 rings (SSSR count). The second-order valence-electron chi connectivity index (χ2n) is 3.60. The predicted octanol–water partition coefficient (Wildman–Crippen LogP) is 1.16. The molecule has 2 N–H and O–H groups in total. The maximum absolute atomic E-state index is 5.54. The maximum Gasteiger partial charge on any atom is 0.0147 e. The fourth-order valence-electron chi connectivity index (χ4n) is 1.67. The Kier molecular flexibility index (Phi) is 4.40. The van der Waals surface area contributed by atoms with Gasteiger partial charge in [0.05, 0.1) is 0 Å². The van der Waals surface area contributed by atoms with Crippen LogP contribution in [0.25, 0.3) is 0 Å². The fourth-order valence-corrected chi connectivity index (χ4v) is 2.71. The van der Waals surface area contributed by atoms with Crippen LogP contribution in [0.3, 0.4) is 0 Å². The molecule has 0 spiro atoms. The maximum atomic E-state index is 5.54. The lowest BCUT2D eigenvalue weighted by molar-refractivity contribution is 0.211. The van der Waals surface area contributed by atoms with Gasteiger partial charge in [0.25, 0.3) is 0 Å². The second-order valence-corrected chi connectivity index (χ2v) is 5.15. The monoisotopic (exact) mass is 188 g/mol. The predicted molar refractivity (Wildman–Crippen MR) is 56.6 cm³/mol. The number of hydrogen-bond acceptors (Lipinski definition) is 3. The van der Waals surface area contributed by atoms with Crippen molar-refractivity contribution in [3.05, 3.63) is 0 Å². The zero-order chi connectivity index (χ0) is 8.97. The van der Waals surface area contributed by atoms with E-state index in [0.29, 0.717) is 6.04 Å². The molecule has 1 aliphatic rings. The molecule has 12 heavy (non-hydrogen) atoms. The van der Waals surface area contributed by atoms with E-state index in [1.54, 1.807) is 0 Å². The van der Waals surface area contributed by atoms with Gasteiger partial charge < -0.3 is 5.73 Å². The first-order valence-corrected chi connectivity index (χ1v) is 5.84. The normalized spacial score (nSPS) is 28.8. The van der Waals surface area contributed by atoms with Crippen LogP contribution in [0, 0.1) is 0 Å². The molecule has 1 fully saturated rings. The van der Waals surface area contributed by atoms with Crippen molar-refractivity contribution in [1.82, 2.24) is 4.90 Å². The van der Waals surface area contributed by atoms with Crippen LogP contribution in [0.5, 0.6) is 0 Å². The zero-order valence-corrected chi connectivity index (χ0v) is 8.94. The van der Waals surface area contributed by atoms with E-state index in [2.05, 4.69) is 30.5 Å². The third kappa shape index (κ3) is 2.96. The third-order valence-corrected chi connectivity index (χ3v) is 3.62. The van der Waals surface area contributed by atoms with Gasteiger partial charge in [0, 0.05) is 30.1 Å². The minimum Gasteiger partial charge on any atom is -0.330 e. The Morgan fingerprint density at radius 1 is 1.67 bits per heavy atom. The van der Waals surface area contributed by atoms with Gasteiger partial charge in [-0.15, -0.1) is 0 Å². The highest BCUT2D eigenvalue weighted by atomic mass is 32.2. The first kappa shape index (κ1) is 10.4. The van der Waals surface area contributed by atoms with Crippen molar-refractivity contribution < 1.29 is 0 Å². The van der Waals surface area contributed by atoms with E-state index in [-0.39, 0.29) is 0 Å². The highest BCUT2D eigenvalue weighted by molar-refractivity contribution is 7.99. The van der Waals surface area contributed by atoms with Crippen molar-refractivity contribution in [2.75, 3.05) is 25.4 Å². The number of hydrogen-bond donors (Lipinski definition) is 1. The standard InChI is InChI=1S/C9H20N2S/c1-8(3-4-10)11-5-6-12-9(2)7-11/h8-9H,3-7,10H2,1-2H3. The van der Waals surface area contributed by atoms with Gasteiger partial charge >= 0.3 is 0 Å². The van der Waals surface area contributed by atoms with Crippen LogP contribution >= 0.6 is 11.8 Å². The molecule has 2 unspecified atom stereocenters. The quantitative estimate of drug-likeness (QED) is 0.721. The number of rotatable bonds is 3. The smallest absolute Gasteiger partial charge is 0.0147 e. The van der Waals surface area contributed by atoms with E-state index in [0.717, 1.165) is 18.2 Å². The van der Waals surface area contributed by atoms with Crippen LogP contribution in [-0.2, 0) is 0 Å². The highest BCUT2D eigenvalue weighted by Gasteiger charge is 2.20. The van der Waals surface area contributed by atoms with E-state index >= 15 is 0 Å². The molecule has 1 heterocycles. The van der Waals surface area contributed by atoms with Crippen molar-refractivity contribution in [1.29, 1.82) is 0 Å². The summed E-state index contributed by atoms with van der Waals surface area (Å²) in [6.45, 7) is 7.91. The van der Waals surface area contributed by atoms with Gasteiger partial charge in [-0.25, -0.2) is 0 Å². The van der Waals surface area contributed by atoms with Crippen LogP contribution in [0.15, 0.2) is 0 Å². The Labute approximate surface area is 79.9 Å². The molecule has 0 bridgehead atoms. The van der Waals surface area contributed by atoms with Gasteiger partial charge in [-0.2, -0.15) is 11.8 Å². The fraction of sp³-hybridized carbons (Fsp3) is 1.00. The van der Waals surface area contributed by atoms with Gasteiger partial charge in [0.2, 0.25) is 0 Å².